The second-order valence-corrected chi connectivity index (χ2v) is 9.53. The molecule has 1 saturated heterocycles. The summed E-state index contributed by atoms with van der Waals surface area (Å²) < 4.78 is 2.10. The van der Waals surface area contributed by atoms with Crippen molar-refractivity contribution in [3.63, 3.8) is 0 Å². The number of piperidine rings is 1. The summed E-state index contributed by atoms with van der Waals surface area (Å²) in [5, 5.41) is 5.38. The molecule has 0 radical (unpaired) electrons. The van der Waals surface area contributed by atoms with E-state index < -0.39 is 0 Å². The van der Waals surface area contributed by atoms with Crippen molar-refractivity contribution in [3.05, 3.63) is 84.5 Å². The van der Waals surface area contributed by atoms with Gasteiger partial charge in [0.15, 0.2) is 0 Å². The molecule has 35 heavy (non-hydrogen) atoms. The minimum atomic E-state index is 0.872. The quantitative estimate of drug-likeness (QED) is 0.380. The first-order chi connectivity index (χ1) is 17.0. The van der Waals surface area contributed by atoms with E-state index in [4.69, 9.17) is 0 Å². The molecule has 5 heteroatoms. The molecule has 2 aromatic heterocycles. The van der Waals surface area contributed by atoms with Gasteiger partial charge in [-0.3, -0.25) is 0 Å². The van der Waals surface area contributed by atoms with Crippen molar-refractivity contribution in [1.29, 1.82) is 0 Å². The molecule has 0 atom stereocenters. The van der Waals surface area contributed by atoms with E-state index in [1.54, 1.807) is 0 Å². The number of nitrogens with zero attached hydrogens (tertiary/aromatic N) is 4. The Morgan fingerprint density at radius 2 is 1.80 bits per heavy atom. The second kappa shape index (κ2) is 11.3. The van der Waals surface area contributed by atoms with Gasteiger partial charge >= 0.3 is 0 Å². The lowest BCUT2D eigenvalue weighted by Gasteiger charge is -2.29. The van der Waals surface area contributed by atoms with Crippen LogP contribution in [0.3, 0.4) is 0 Å². The minimum Gasteiger partial charge on any atom is -0.373 e. The molecule has 3 heterocycles. The molecule has 1 aliphatic rings. The summed E-state index contributed by atoms with van der Waals surface area (Å²) in [7, 11) is 6.13. The number of aryl methyl sites for hydroxylation is 1. The molecular weight excluding hydrogens is 430 g/mol. The van der Waals surface area contributed by atoms with Gasteiger partial charge in [-0.2, -0.15) is 0 Å². The molecule has 5 nitrogen and oxygen atoms in total. The molecule has 0 aliphatic carbocycles. The molecule has 4 aromatic rings. The Balaban J connectivity index is 0.000000168. The van der Waals surface area contributed by atoms with E-state index in [0.29, 0.717) is 0 Å². The van der Waals surface area contributed by atoms with Crippen molar-refractivity contribution in [2.75, 3.05) is 32.5 Å². The number of imidazole rings is 1. The van der Waals surface area contributed by atoms with Crippen molar-refractivity contribution >= 4 is 22.7 Å². The average Bonchev–Trinajstić information content (AvgIpc) is 3.23. The molecule has 0 unspecified atom stereocenters. The van der Waals surface area contributed by atoms with Gasteiger partial charge in [-0.25, -0.2) is 9.97 Å². The van der Waals surface area contributed by atoms with Crippen LogP contribution < -0.4 is 5.32 Å². The number of anilines is 1. The SMILES string of the molecule is C=Cc1cccc(CC2CCN(C)CC2)c1.CNc1cc2cc(-c3cnc(C)n3C)ccc2cn1. The average molecular weight is 468 g/mol. The second-order valence-electron chi connectivity index (χ2n) is 9.53. The Morgan fingerprint density at radius 3 is 2.49 bits per heavy atom. The number of pyridine rings is 1. The fourth-order valence-electron chi connectivity index (χ4n) is 4.65. The highest BCUT2D eigenvalue weighted by Gasteiger charge is 2.16. The summed E-state index contributed by atoms with van der Waals surface area (Å²) >= 11 is 0. The monoisotopic (exact) mass is 467 g/mol. The van der Waals surface area contributed by atoms with Gasteiger partial charge in [0.1, 0.15) is 11.6 Å². The predicted octanol–water partition coefficient (Wildman–Crippen LogP) is 6.20. The molecule has 2 aromatic carbocycles. The number of rotatable bonds is 5. The lowest BCUT2D eigenvalue weighted by molar-refractivity contribution is 0.219. The van der Waals surface area contributed by atoms with E-state index in [1.165, 1.54) is 54.4 Å². The smallest absolute Gasteiger partial charge is 0.126 e. The summed E-state index contributed by atoms with van der Waals surface area (Å²) in [6.45, 7) is 8.34. The zero-order valence-corrected chi connectivity index (χ0v) is 21.5. The highest BCUT2D eigenvalue weighted by atomic mass is 15.1. The first-order valence-corrected chi connectivity index (χ1v) is 12.4. The largest absolute Gasteiger partial charge is 0.373 e. The van der Waals surface area contributed by atoms with Crippen molar-refractivity contribution in [1.82, 2.24) is 19.4 Å². The van der Waals surface area contributed by atoms with Crippen molar-refractivity contribution < 1.29 is 0 Å². The Labute approximate surface area is 209 Å². The van der Waals surface area contributed by atoms with E-state index in [2.05, 4.69) is 86.9 Å². The number of likely N-dealkylation sites (tertiary alicyclic amines) is 1. The third-order valence-corrected chi connectivity index (χ3v) is 7.04. The van der Waals surface area contributed by atoms with E-state index in [9.17, 15) is 0 Å². The van der Waals surface area contributed by atoms with Crippen LogP contribution in [0.5, 0.6) is 0 Å². The predicted molar refractivity (Wildman–Crippen MR) is 149 cm³/mol. The van der Waals surface area contributed by atoms with Crippen LogP contribution in [0.1, 0.15) is 29.8 Å². The van der Waals surface area contributed by atoms with Gasteiger partial charge in [0.05, 0.1) is 11.9 Å². The third kappa shape index (κ3) is 6.17. The molecule has 182 valence electrons. The summed E-state index contributed by atoms with van der Waals surface area (Å²) in [4.78, 5) is 11.1. The van der Waals surface area contributed by atoms with Gasteiger partial charge in [-0.15, -0.1) is 0 Å². The number of hydrogen-bond acceptors (Lipinski definition) is 4. The van der Waals surface area contributed by atoms with Crippen molar-refractivity contribution in [2.24, 2.45) is 13.0 Å². The zero-order valence-electron chi connectivity index (χ0n) is 21.5. The van der Waals surface area contributed by atoms with E-state index in [0.717, 1.165) is 28.6 Å². The number of aromatic nitrogens is 3. The molecule has 0 saturated carbocycles. The Morgan fingerprint density at radius 1 is 1.00 bits per heavy atom. The maximum absolute atomic E-state index is 4.34. The molecule has 0 spiro atoms. The van der Waals surface area contributed by atoms with Crippen LogP contribution in [0.4, 0.5) is 5.82 Å². The Kier molecular flexibility index (Phi) is 7.98. The van der Waals surface area contributed by atoms with Gasteiger partial charge in [0, 0.05) is 31.2 Å². The first-order valence-electron chi connectivity index (χ1n) is 12.4. The fourth-order valence-corrected chi connectivity index (χ4v) is 4.65. The van der Waals surface area contributed by atoms with Crippen LogP contribution in [0.25, 0.3) is 28.1 Å². The third-order valence-electron chi connectivity index (χ3n) is 7.04. The highest BCUT2D eigenvalue weighted by molar-refractivity contribution is 5.88. The lowest BCUT2D eigenvalue weighted by atomic mass is 9.90. The Bertz CT molecular complexity index is 1280. The summed E-state index contributed by atoms with van der Waals surface area (Å²) in [6, 6.07) is 17.2. The van der Waals surface area contributed by atoms with Crippen LogP contribution in [0.15, 0.2) is 67.5 Å². The van der Waals surface area contributed by atoms with Crippen molar-refractivity contribution in [2.45, 2.75) is 26.2 Å². The van der Waals surface area contributed by atoms with E-state index in [1.807, 2.05) is 39.5 Å². The van der Waals surface area contributed by atoms with E-state index >= 15 is 0 Å². The normalized spacial score (nSPS) is 14.4. The van der Waals surface area contributed by atoms with Gasteiger partial charge in [-0.1, -0.05) is 49.1 Å². The van der Waals surface area contributed by atoms with Crippen LogP contribution in [0, 0.1) is 12.8 Å². The first kappa shape index (κ1) is 24.7. The van der Waals surface area contributed by atoms with Gasteiger partial charge < -0.3 is 14.8 Å². The molecule has 0 bridgehead atoms. The van der Waals surface area contributed by atoms with Crippen LogP contribution in [-0.2, 0) is 13.5 Å². The van der Waals surface area contributed by atoms with Crippen LogP contribution >= 0.6 is 0 Å². The fraction of sp³-hybridized carbons (Fsp3) is 0.333. The maximum Gasteiger partial charge on any atom is 0.126 e. The number of benzene rings is 2. The number of hydrogen-bond donors (Lipinski definition) is 1. The summed E-state index contributed by atoms with van der Waals surface area (Å²) in [5.74, 6) is 2.77. The summed E-state index contributed by atoms with van der Waals surface area (Å²) in [5.41, 5.74) is 5.00. The number of nitrogens with one attached hydrogen (secondary N) is 1. The lowest BCUT2D eigenvalue weighted by Crippen LogP contribution is -2.30. The van der Waals surface area contributed by atoms with Crippen molar-refractivity contribution in [3.8, 4) is 11.3 Å². The summed E-state index contributed by atoms with van der Waals surface area (Å²) in [6.07, 6.45) is 9.65. The molecule has 1 aliphatic heterocycles. The van der Waals surface area contributed by atoms with Gasteiger partial charge in [0.25, 0.3) is 0 Å². The van der Waals surface area contributed by atoms with Gasteiger partial charge in [0.2, 0.25) is 0 Å². The van der Waals surface area contributed by atoms with E-state index in [-0.39, 0.29) is 0 Å². The molecule has 1 fully saturated rings. The molecule has 5 rings (SSSR count). The molecule has 0 amide bonds. The van der Waals surface area contributed by atoms with Crippen LogP contribution in [0.2, 0.25) is 0 Å². The zero-order chi connectivity index (χ0) is 24.8. The molecular formula is C30H37N5. The molecule has 1 N–H and O–H groups in total. The number of fused-ring (bicyclic) bond motifs is 1. The minimum absolute atomic E-state index is 0.872. The van der Waals surface area contributed by atoms with Gasteiger partial charge in [-0.05, 0) is 80.9 Å². The highest BCUT2D eigenvalue weighted by Crippen LogP contribution is 2.25. The van der Waals surface area contributed by atoms with Crippen LogP contribution in [-0.4, -0.2) is 46.6 Å². The standard InChI is InChI=1S/C15H16N4.C15H21N/c1-10-17-9-14(19(10)3)11-4-5-12-8-18-15(16-2)7-13(12)6-11;1-3-13-5-4-6-15(11-13)12-14-7-9-16(2)10-8-14/h4-9H,1-3H3,(H,16,18);3-6,11,14H,1,7-10,12H2,2H3. The maximum atomic E-state index is 4.34. The topological polar surface area (TPSA) is 46.0 Å². The Hall–Kier alpha value is -3.44.